The molecule has 3 aromatic carbocycles. The second-order valence-electron chi connectivity index (χ2n) is 16.4. The third-order valence-corrected chi connectivity index (χ3v) is 13.5. The number of para-hydroxylation sites is 1. The maximum absolute atomic E-state index is 12.4. The SMILES string of the molecule is C#C.C#C.Cc1cc(N)c(OC(C)C)cc1C1CCNCC1.Cc1cc(Nc2ccccc2S(=O)(=O)C(C)C)c(Cl)cn1.Cc1cc([N+](=O)[O-])c(OC(C)C)cc1C1CCN(P)CC1.[C-]#C. The molecule has 2 fully saturated rings. The zero-order chi connectivity index (χ0) is 50.3. The predicted molar refractivity (Wildman–Crippen MR) is 277 cm³/mol. The highest BCUT2D eigenvalue weighted by molar-refractivity contribution is 7.92. The number of aryl methyl sites for hydroxylation is 3. The number of rotatable bonds is 11. The van der Waals surface area contributed by atoms with Gasteiger partial charge >= 0.3 is 5.69 Å². The largest absolute Gasteiger partial charge is 0.697 e. The Morgan fingerprint density at radius 3 is 1.88 bits per heavy atom. The fourth-order valence-corrected chi connectivity index (χ4v) is 8.99. The lowest BCUT2D eigenvalue weighted by molar-refractivity contribution is -0.386. The highest BCUT2D eigenvalue weighted by Crippen LogP contribution is 2.39. The Bertz CT molecular complexity index is 2300. The maximum atomic E-state index is 12.4. The first kappa shape index (κ1) is 58.7. The zero-order valence-electron chi connectivity index (χ0n) is 39.9. The molecule has 2 aliphatic heterocycles. The minimum absolute atomic E-state index is 0.0634. The summed E-state index contributed by atoms with van der Waals surface area (Å²) in [4.78, 5) is 15.2. The number of nitro benzene ring substituents is 1. The van der Waals surface area contributed by atoms with E-state index in [1.54, 1.807) is 56.4 Å². The molecule has 0 bridgehead atoms. The Hall–Kier alpha value is -5.32. The van der Waals surface area contributed by atoms with Crippen molar-refractivity contribution in [1.29, 1.82) is 0 Å². The number of pyridine rings is 1. The van der Waals surface area contributed by atoms with Gasteiger partial charge in [0.2, 0.25) is 0 Å². The van der Waals surface area contributed by atoms with Gasteiger partial charge in [-0.1, -0.05) is 33.1 Å². The standard InChI is InChI=1S/C15H17ClN2O2S.C15H23N2O3P.C15H24N2O.2C2H2.C2H/c1-10(2)21(19,20)15-7-5-4-6-13(15)18-14-8-11(3)17-9-12(14)16;1-10(2)20-15-9-13(11(3)8-14(15)17(18)19)12-4-6-16(21)7-5-12;1-10(2)18-15-9-13(11(3)8-14(15)16)12-4-6-17-7-5-12;3*1-2/h4-10H,1-3H3,(H,17,18);8-10,12H,4-7,21H2,1-3H3;8-10,12,17H,4-7,16H2,1-3H3;2*1-2H;1H/q;;;;;-1. The van der Waals surface area contributed by atoms with Crippen molar-refractivity contribution >= 4 is 53.6 Å². The summed E-state index contributed by atoms with van der Waals surface area (Å²) in [6, 6.07) is 16.3. The van der Waals surface area contributed by atoms with Gasteiger partial charge in [0.1, 0.15) is 5.75 Å². The van der Waals surface area contributed by atoms with Crippen molar-refractivity contribution in [3.05, 3.63) is 110 Å². The minimum atomic E-state index is -3.37. The highest BCUT2D eigenvalue weighted by Gasteiger charge is 2.26. The molecule has 4 N–H and O–H groups in total. The van der Waals surface area contributed by atoms with Gasteiger partial charge in [-0.05, 0) is 172 Å². The molecule has 2 saturated heterocycles. The highest BCUT2D eigenvalue weighted by atomic mass is 35.5. The van der Waals surface area contributed by atoms with Gasteiger partial charge < -0.3 is 38.7 Å². The van der Waals surface area contributed by atoms with E-state index in [0.717, 1.165) is 61.7 Å². The van der Waals surface area contributed by atoms with Crippen molar-refractivity contribution in [3.8, 4) is 43.6 Å². The predicted octanol–water partition coefficient (Wildman–Crippen LogP) is 11.2. The molecule has 3 heterocycles. The van der Waals surface area contributed by atoms with Crippen molar-refractivity contribution < 1.29 is 22.8 Å². The summed E-state index contributed by atoms with van der Waals surface area (Å²) in [6.45, 7) is 21.4. The first-order valence-electron chi connectivity index (χ1n) is 21.7. The zero-order valence-corrected chi connectivity index (χ0v) is 42.7. The summed E-state index contributed by atoms with van der Waals surface area (Å²) in [6.07, 6.45) is 31.2. The number of benzene rings is 3. The maximum Gasteiger partial charge on any atom is 0.311 e. The molecular weight excluding hydrogens is 891 g/mol. The molecular formula is C51H69ClN6O6PS-. The number of nitrogens with zero attached hydrogens (tertiary/aromatic N) is 3. The van der Waals surface area contributed by atoms with Crippen LogP contribution in [-0.4, -0.2) is 66.6 Å². The van der Waals surface area contributed by atoms with Gasteiger partial charge in [0, 0.05) is 31.0 Å². The van der Waals surface area contributed by atoms with Crippen LogP contribution in [0.4, 0.5) is 22.7 Å². The number of nitrogens with one attached hydrogen (secondary N) is 2. The average molecular weight is 961 g/mol. The van der Waals surface area contributed by atoms with Gasteiger partial charge in [0.05, 0.1) is 49.4 Å². The molecule has 6 rings (SSSR count). The molecule has 0 radical (unpaired) electrons. The number of halogens is 1. The van der Waals surface area contributed by atoms with Crippen molar-refractivity contribution in [1.82, 2.24) is 15.0 Å². The molecule has 0 aliphatic carbocycles. The van der Waals surface area contributed by atoms with Crippen LogP contribution in [0.1, 0.15) is 107 Å². The molecule has 1 atom stereocenters. The number of aromatic nitrogens is 1. The molecule has 358 valence electrons. The van der Waals surface area contributed by atoms with Crippen molar-refractivity contribution in [3.63, 3.8) is 0 Å². The molecule has 1 unspecified atom stereocenters. The Balaban J connectivity index is 0.000000469. The summed E-state index contributed by atoms with van der Waals surface area (Å²) in [5.74, 6) is 2.33. The summed E-state index contributed by atoms with van der Waals surface area (Å²) in [5, 5.41) is 17.7. The topological polar surface area (TPSA) is 162 Å². The lowest BCUT2D eigenvalue weighted by Crippen LogP contribution is -2.27. The van der Waals surface area contributed by atoms with Crippen LogP contribution in [0.5, 0.6) is 11.5 Å². The van der Waals surface area contributed by atoms with E-state index in [2.05, 4.69) is 80.9 Å². The number of terminal acetylenes is 3. The van der Waals surface area contributed by atoms with E-state index in [1.165, 1.54) is 29.5 Å². The molecule has 0 saturated carbocycles. The molecule has 0 amide bonds. The van der Waals surface area contributed by atoms with Crippen LogP contribution in [0.3, 0.4) is 0 Å². The van der Waals surface area contributed by atoms with E-state index in [4.69, 9.17) is 33.2 Å². The monoisotopic (exact) mass is 959 g/mol. The average Bonchev–Trinajstić information content (AvgIpc) is 3.29. The summed E-state index contributed by atoms with van der Waals surface area (Å²) in [7, 11) is -0.631. The number of nitrogens with two attached hydrogens (primary N) is 1. The molecule has 1 aromatic heterocycles. The molecule has 4 aromatic rings. The van der Waals surface area contributed by atoms with Crippen LogP contribution in [0, 0.1) is 69.4 Å². The Morgan fingerprint density at radius 1 is 0.848 bits per heavy atom. The Kier molecular flexibility index (Phi) is 26.1. The lowest BCUT2D eigenvalue weighted by atomic mass is 9.87. The van der Waals surface area contributed by atoms with E-state index in [9.17, 15) is 18.5 Å². The van der Waals surface area contributed by atoms with Gasteiger partial charge in [-0.15, -0.1) is 25.7 Å². The fourth-order valence-electron chi connectivity index (χ4n) is 7.34. The number of ether oxygens (including phenoxy) is 2. The molecule has 66 heavy (non-hydrogen) atoms. The van der Waals surface area contributed by atoms with Gasteiger partial charge in [-0.25, -0.2) is 8.42 Å². The molecule has 0 spiro atoms. The number of nitro groups is 1. The van der Waals surface area contributed by atoms with E-state index in [0.29, 0.717) is 34.0 Å². The minimum Gasteiger partial charge on any atom is -0.697 e. The van der Waals surface area contributed by atoms with Gasteiger partial charge in [-0.2, -0.15) is 0 Å². The molecule has 2 aliphatic rings. The van der Waals surface area contributed by atoms with E-state index in [1.807, 2.05) is 47.6 Å². The van der Waals surface area contributed by atoms with E-state index in [-0.39, 0.29) is 27.7 Å². The van der Waals surface area contributed by atoms with Crippen LogP contribution < -0.4 is 25.8 Å². The van der Waals surface area contributed by atoms with Crippen molar-refractivity contribution in [2.45, 2.75) is 122 Å². The van der Waals surface area contributed by atoms with Crippen LogP contribution in [-0.2, 0) is 9.84 Å². The quantitative estimate of drug-likeness (QED) is 0.0328. The number of hydrogen-bond acceptors (Lipinski definition) is 11. The number of nitrogen functional groups attached to an aromatic ring is 1. The Labute approximate surface area is 402 Å². The number of sulfone groups is 1. The molecule has 15 heteroatoms. The van der Waals surface area contributed by atoms with Crippen molar-refractivity contribution in [2.75, 3.05) is 37.2 Å². The first-order valence-corrected chi connectivity index (χ1v) is 24.1. The summed E-state index contributed by atoms with van der Waals surface area (Å²) >= 11 is 6.10. The van der Waals surface area contributed by atoms with E-state index < -0.39 is 15.1 Å². The van der Waals surface area contributed by atoms with Crippen LogP contribution in [0.2, 0.25) is 5.02 Å². The van der Waals surface area contributed by atoms with Crippen molar-refractivity contribution in [2.24, 2.45) is 0 Å². The number of piperidine rings is 2. The van der Waals surface area contributed by atoms with E-state index >= 15 is 0 Å². The number of anilines is 3. The fraction of sp³-hybridized carbons (Fsp3) is 0.431. The normalized spacial score (nSPS) is 13.9. The first-order chi connectivity index (χ1) is 31.3. The van der Waals surface area contributed by atoms with Gasteiger partial charge in [0.15, 0.2) is 15.6 Å². The third-order valence-electron chi connectivity index (χ3n) is 10.5. The second kappa shape index (κ2) is 29.3. The summed E-state index contributed by atoms with van der Waals surface area (Å²) < 4.78 is 38.5. The summed E-state index contributed by atoms with van der Waals surface area (Å²) in [5.41, 5.74) is 13.7. The van der Waals surface area contributed by atoms with Gasteiger partial charge in [-0.3, -0.25) is 19.8 Å². The van der Waals surface area contributed by atoms with Crippen LogP contribution in [0.15, 0.2) is 65.7 Å². The Morgan fingerprint density at radius 2 is 1.35 bits per heavy atom. The third kappa shape index (κ3) is 17.8. The van der Waals surface area contributed by atoms with Crippen LogP contribution in [0.25, 0.3) is 0 Å². The van der Waals surface area contributed by atoms with Gasteiger partial charge in [0.25, 0.3) is 0 Å². The molecule has 12 nitrogen and oxygen atoms in total. The smallest absolute Gasteiger partial charge is 0.311 e. The number of hydrogen-bond donors (Lipinski definition) is 3. The lowest BCUT2D eigenvalue weighted by Gasteiger charge is -2.30. The second-order valence-corrected chi connectivity index (χ2v) is 20.0. The van der Waals surface area contributed by atoms with Crippen LogP contribution >= 0.6 is 21.0 Å².